The van der Waals surface area contributed by atoms with Crippen molar-refractivity contribution in [1.29, 1.82) is 0 Å². The molecular formula is C84H153NO13. The Bertz CT molecular complexity index is 1920. The van der Waals surface area contributed by atoms with E-state index >= 15 is 0 Å². The highest BCUT2D eigenvalue weighted by Crippen LogP contribution is 2.30. The van der Waals surface area contributed by atoms with Gasteiger partial charge in [-0.1, -0.05) is 363 Å². The predicted octanol–water partition coefficient (Wildman–Crippen LogP) is 18.9. The minimum Gasteiger partial charge on any atom is -0.394 e. The van der Waals surface area contributed by atoms with Crippen LogP contribution in [0.2, 0.25) is 0 Å². The van der Waals surface area contributed by atoms with E-state index in [9.17, 15) is 45.6 Å². The number of nitrogens with one attached hydrogen (secondary N) is 1. The smallest absolute Gasteiger partial charge is 0.220 e. The van der Waals surface area contributed by atoms with Gasteiger partial charge >= 0.3 is 0 Å². The Morgan fingerprint density at radius 2 is 0.704 bits per heavy atom. The van der Waals surface area contributed by atoms with Gasteiger partial charge in [-0.05, 0) is 64.2 Å². The van der Waals surface area contributed by atoms with Gasteiger partial charge in [-0.25, -0.2) is 0 Å². The molecule has 1 amide bonds. The van der Waals surface area contributed by atoms with E-state index in [4.69, 9.17) is 18.9 Å². The predicted molar refractivity (Wildman–Crippen MR) is 406 cm³/mol. The van der Waals surface area contributed by atoms with Crippen LogP contribution in [0, 0.1) is 0 Å². The lowest BCUT2D eigenvalue weighted by molar-refractivity contribution is -0.359. The number of amides is 1. The Labute approximate surface area is 599 Å². The molecule has 0 bridgehead atoms. The number of hydrogen-bond donors (Lipinski definition) is 9. The molecule has 2 aliphatic heterocycles. The first-order valence-electron chi connectivity index (χ1n) is 41.2. The van der Waals surface area contributed by atoms with Crippen molar-refractivity contribution in [1.82, 2.24) is 5.32 Å². The highest BCUT2D eigenvalue weighted by atomic mass is 16.7. The van der Waals surface area contributed by atoms with Gasteiger partial charge < -0.3 is 65.1 Å². The number of ether oxygens (including phenoxy) is 4. The van der Waals surface area contributed by atoms with Crippen molar-refractivity contribution in [2.45, 2.75) is 434 Å². The zero-order valence-corrected chi connectivity index (χ0v) is 62.8. The van der Waals surface area contributed by atoms with Crippen LogP contribution in [0.5, 0.6) is 0 Å². The van der Waals surface area contributed by atoms with E-state index in [1.807, 2.05) is 6.08 Å². The van der Waals surface area contributed by atoms with Crippen molar-refractivity contribution >= 4 is 5.91 Å². The van der Waals surface area contributed by atoms with E-state index in [-0.39, 0.29) is 18.9 Å². The molecule has 2 rings (SSSR count). The van der Waals surface area contributed by atoms with Crippen LogP contribution in [0.4, 0.5) is 0 Å². The molecule has 2 fully saturated rings. The van der Waals surface area contributed by atoms with E-state index in [1.165, 1.54) is 263 Å². The van der Waals surface area contributed by atoms with Gasteiger partial charge in [0.2, 0.25) is 5.91 Å². The van der Waals surface area contributed by atoms with Gasteiger partial charge in [0.15, 0.2) is 12.6 Å². The van der Waals surface area contributed by atoms with Gasteiger partial charge in [0.25, 0.3) is 0 Å². The van der Waals surface area contributed by atoms with E-state index in [0.29, 0.717) is 6.42 Å². The molecule has 0 aromatic rings. The summed E-state index contributed by atoms with van der Waals surface area (Å²) in [6.45, 7) is 2.74. The number of hydrogen-bond acceptors (Lipinski definition) is 13. The summed E-state index contributed by atoms with van der Waals surface area (Å²) in [7, 11) is 0. The van der Waals surface area contributed by atoms with Crippen LogP contribution in [-0.2, 0) is 23.7 Å². The summed E-state index contributed by atoms with van der Waals surface area (Å²) in [5, 5.41) is 87.8. The van der Waals surface area contributed by atoms with Gasteiger partial charge in [0.1, 0.15) is 48.8 Å². The maximum atomic E-state index is 13.4. The fraction of sp³-hybridized carbons (Fsp3) is 0.845. The summed E-state index contributed by atoms with van der Waals surface area (Å²) in [5.41, 5.74) is 0. The number of carbonyl (C=O) groups is 1. The number of rotatable bonds is 69. The molecule has 572 valence electrons. The molecule has 2 heterocycles. The minimum absolute atomic E-state index is 0.236. The zero-order chi connectivity index (χ0) is 70.8. The van der Waals surface area contributed by atoms with Crippen LogP contribution in [0.25, 0.3) is 0 Å². The van der Waals surface area contributed by atoms with Crippen LogP contribution in [0.15, 0.2) is 72.9 Å². The molecule has 14 nitrogen and oxygen atoms in total. The van der Waals surface area contributed by atoms with E-state index in [2.05, 4.69) is 79.9 Å². The molecule has 0 aromatic carbocycles. The lowest BCUT2D eigenvalue weighted by Crippen LogP contribution is -2.65. The van der Waals surface area contributed by atoms with Crippen molar-refractivity contribution in [3.05, 3.63) is 72.9 Å². The maximum absolute atomic E-state index is 13.4. The molecule has 0 spiro atoms. The third-order valence-corrected chi connectivity index (χ3v) is 19.9. The van der Waals surface area contributed by atoms with Gasteiger partial charge in [0, 0.05) is 6.42 Å². The molecule has 0 aromatic heterocycles. The molecule has 0 radical (unpaired) electrons. The first-order chi connectivity index (χ1) is 48.1. The third kappa shape index (κ3) is 49.9. The Morgan fingerprint density at radius 1 is 0.378 bits per heavy atom. The molecular weight excluding hydrogens is 1230 g/mol. The quantitative estimate of drug-likeness (QED) is 0.0204. The zero-order valence-electron chi connectivity index (χ0n) is 62.8. The minimum atomic E-state index is -1.79. The Balaban J connectivity index is 1.61. The average molecular weight is 1390 g/mol. The molecule has 12 atom stereocenters. The van der Waals surface area contributed by atoms with Crippen LogP contribution >= 0.6 is 0 Å². The summed E-state index contributed by atoms with van der Waals surface area (Å²) < 4.78 is 22.9. The Morgan fingerprint density at radius 3 is 1.08 bits per heavy atom. The summed E-state index contributed by atoms with van der Waals surface area (Å²) in [4.78, 5) is 13.4. The molecule has 2 aliphatic rings. The van der Waals surface area contributed by atoms with Crippen LogP contribution < -0.4 is 5.32 Å². The largest absolute Gasteiger partial charge is 0.394 e. The first kappa shape index (κ1) is 91.5. The Hall–Kier alpha value is -2.57. The number of carbonyl (C=O) groups excluding carboxylic acids is 1. The van der Waals surface area contributed by atoms with E-state index in [1.54, 1.807) is 6.08 Å². The van der Waals surface area contributed by atoms with Crippen molar-refractivity contribution in [2.75, 3.05) is 19.8 Å². The fourth-order valence-corrected chi connectivity index (χ4v) is 13.4. The lowest BCUT2D eigenvalue weighted by Gasteiger charge is -2.46. The van der Waals surface area contributed by atoms with Gasteiger partial charge in [-0.2, -0.15) is 0 Å². The summed E-state index contributed by atoms with van der Waals surface area (Å²) >= 11 is 0. The summed E-state index contributed by atoms with van der Waals surface area (Å²) in [6, 6.07) is -0.920. The maximum Gasteiger partial charge on any atom is 0.220 e. The molecule has 0 aliphatic carbocycles. The van der Waals surface area contributed by atoms with Crippen molar-refractivity contribution in [3.8, 4) is 0 Å². The SMILES string of the molecule is CC/C=C\C/C=C\C/C=C\C/C=C\C/C=C\CCCCCCCCCCCCCCCCCC(=O)NC(COC1OC(CO)C(OC2OC(CO)C(O)C(O)C2O)C(O)C1O)C(O)/C=C/CCCCCCCCCCCCCCCCCCCCCCCCCCCCCCCCC. The van der Waals surface area contributed by atoms with Crippen molar-refractivity contribution in [2.24, 2.45) is 0 Å². The first-order valence-corrected chi connectivity index (χ1v) is 41.2. The van der Waals surface area contributed by atoms with Crippen LogP contribution in [0.3, 0.4) is 0 Å². The molecule has 0 saturated carbocycles. The number of aliphatic hydroxyl groups excluding tert-OH is 8. The van der Waals surface area contributed by atoms with Crippen LogP contribution in [0.1, 0.15) is 361 Å². The summed E-state index contributed by atoms with van der Waals surface area (Å²) in [5.74, 6) is -0.236. The second-order valence-electron chi connectivity index (χ2n) is 28.9. The van der Waals surface area contributed by atoms with Crippen LogP contribution in [-0.4, -0.2) is 140 Å². The number of allylic oxidation sites excluding steroid dienone is 11. The Kier molecular flexibility index (Phi) is 63.1. The molecule has 98 heavy (non-hydrogen) atoms. The van der Waals surface area contributed by atoms with Crippen molar-refractivity contribution < 1.29 is 64.6 Å². The third-order valence-electron chi connectivity index (χ3n) is 19.9. The fourth-order valence-electron chi connectivity index (χ4n) is 13.4. The standard InChI is InChI=1S/C84H153NO13/c1-3-5-7-9-11-13-15-17-19-21-23-25-27-29-31-33-35-36-38-39-41-43-45-47-49-51-53-55-57-59-61-63-65-67-73(88)72(71-95-83-81(94)79(92)82(75(70-87)97-83)98-84-80(93)78(91)77(90)74(69-86)96-84)85-76(89)68-66-64-62-60-58-56-54-52-50-48-46-44-42-40-37-34-32-30-28-26-24-22-20-18-16-14-12-10-8-6-4-2/h6,8,12,14,18,20,24,26,30,32,65,67,72-75,77-84,86-88,90-94H,3-5,7,9-11,13,15-17,19,21-23,25,27-29,31,33-64,66,68-71H2,1-2H3,(H,85,89)/b8-6-,14-12-,20-18-,26-24-,32-30-,67-65+. The average Bonchev–Trinajstić information content (AvgIpc) is 0.793. The lowest BCUT2D eigenvalue weighted by atomic mass is 9.97. The monoisotopic (exact) mass is 1380 g/mol. The van der Waals surface area contributed by atoms with Crippen molar-refractivity contribution in [3.63, 3.8) is 0 Å². The van der Waals surface area contributed by atoms with E-state index in [0.717, 1.165) is 70.6 Å². The number of aliphatic hydroxyl groups is 8. The van der Waals surface area contributed by atoms with Gasteiger partial charge in [-0.15, -0.1) is 0 Å². The molecule has 9 N–H and O–H groups in total. The van der Waals surface area contributed by atoms with Gasteiger partial charge in [0.05, 0.1) is 32.0 Å². The topological polar surface area (TPSA) is 228 Å². The second-order valence-corrected chi connectivity index (χ2v) is 28.9. The highest BCUT2D eigenvalue weighted by Gasteiger charge is 2.51. The molecule has 2 saturated heterocycles. The molecule has 14 heteroatoms. The number of unbranched alkanes of at least 4 members (excludes halogenated alkanes) is 46. The highest BCUT2D eigenvalue weighted by molar-refractivity contribution is 5.76. The second kappa shape index (κ2) is 67.6. The summed E-state index contributed by atoms with van der Waals surface area (Å²) in [6.07, 6.45) is 77.0. The molecule has 12 unspecified atom stereocenters. The normalized spacial score (nSPS) is 22.4. The van der Waals surface area contributed by atoms with E-state index < -0.39 is 86.8 Å². The van der Waals surface area contributed by atoms with Gasteiger partial charge in [-0.3, -0.25) is 4.79 Å².